The molecule has 2 aromatic carbocycles. The molecule has 0 aliphatic carbocycles. The SMILES string of the molecule is COc1cccc(C(=O)NCC(c2cccs2)N2CCc3ccccc3C2)c1. The fraction of sp³-hybridized carbons (Fsp3) is 0.261. The predicted molar refractivity (Wildman–Crippen MR) is 113 cm³/mol. The van der Waals surface area contributed by atoms with Crippen LogP contribution in [0.25, 0.3) is 0 Å². The maximum atomic E-state index is 12.7. The van der Waals surface area contributed by atoms with Crippen molar-refractivity contribution in [1.82, 2.24) is 10.2 Å². The van der Waals surface area contributed by atoms with E-state index in [-0.39, 0.29) is 11.9 Å². The first kappa shape index (κ1) is 18.7. The van der Waals surface area contributed by atoms with Gasteiger partial charge in [0.2, 0.25) is 0 Å². The number of hydrogen-bond acceptors (Lipinski definition) is 4. The summed E-state index contributed by atoms with van der Waals surface area (Å²) in [5.74, 6) is 0.618. The van der Waals surface area contributed by atoms with Crippen molar-refractivity contribution in [2.24, 2.45) is 0 Å². The molecule has 144 valence electrons. The van der Waals surface area contributed by atoms with Crippen molar-refractivity contribution in [1.29, 1.82) is 0 Å². The third kappa shape index (κ3) is 4.11. The molecule has 0 fully saturated rings. The molecule has 0 spiro atoms. The van der Waals surface area contributed by atoms with E-state index in [1.54, 1.807) is 24.5 Å². The zero-order valence-corrected chi connectivity index (χ0v) is 16.7. The number of carbonyl (C=O) groups excluding carboxylic acids is 1. The summed E-state index contributed by atoms with van der Waals surface area (Å²) in [6.07, 6.45) is 1.04. The van der Waals surface area contributed by atoms with Crippen LogP contribution in [0.5, 0.6) is 5.75 Å². The minimum Gasteiger partial charge on any atom is -0.497 e. The number of thiophene rings is 1. The molecule has 1 aromatic heterocycles. The fourth-order valence-electron chi connectivity index (χ4n) is 3.73. The Morgan fingerprint density at radius 1 is 1.14 bits per heavy atom. The third-order valence-corrected chi connectivity index (χ3v) is 6.23. The first-order valence-electron chi connectivity index (χ1n) is 9.51. The zero-order chi connectivity index (χ0) is 19.3. The van der Waals surface area contributed by atoms with Crippen LogP contribution in [-0.4, -0.2) is 31.0 Å². The Morgan fingerprint density at radius 2 is 2.00 bits per heavy atom. The Balaban J connectivity index is 1.49. The van der Waals surface area contributed by atoms with Crippen LogP contribution in [0.15, 0.2) is 66.0 Å². The van der Waals surface area contributed by atoms with Crippen LogP contribution in [0.2, 0.25) is 0 Å². The van der Waals surface area contributed by atoms with Gasteiger partial charge in [-0.15, -0.1) is 11.3 Å². The summed E-state index contributed by atoms with van der Waals surface area (Å²) < 4.78 is 5.23. The number of carbonyl (C=O) groups is 1. The molecule has 1 N–H and O–H groups in total. The van der Waals surface area contributed by atoms with Crippen LogP contribution in [0.4, 0.5) is 0 Å². The van der Waals surface area contributed by atoms with E-state index in [1.807, 2.05) is 18.2 Å². The van der Waals surface area contributed by atoms with Gasteiger partial charge in [-0.1, -0.05) is 36.4 Å². The van der Waals surface area contributed by atoms with Gasteiger partial charge >= 0.3 is 0 Å². The number of ether oxygens (including phenoxy) is 1. The van der Waals surface area contributed by atoms with E-state index in [0.29, 0.717) is 17.9 Å². The molecule has 0 radical (unpaired) electrons. The van der Waals surface area contributed by atoms with Gasteiger partial charge in [-0.2, -0.15) is 0 Å². The van der Waals surface area contributed by atoms with E-state index >= 15 is 0 Å². The number of rotatable bonds is 6. The van der Waals surface area contributed by atoms with E-state index in [9.17, 15) is 4.79 Å². The molecular formula is C23H24N2O2S. The van der Waals surface area contributed by atoms with Crippen molar-refractivity contribution < 1.29 is 9.53 Å². The van der Waals surface area contributed by atoms with Gasteiger partial charge in [0.15, 0.2) is 0 Å². The van der Waals surface area contributed by atoms with Gasteiger partial charge in [0.05, 0.1) is 13.2 Å². The average Bonchev–Trinajstić information content (AvgIpc) is 3.28. The first-order valence-corrected chi connectivity index (χ1v) is 10.4. The number of fused-ring (bicyclic) bond motifs is 1. The summed E-state index contributed by atoms with van der Waals surface area (Å²) in [7, 11) is 1.61. The third-order valence-electron chi connectivity index (χ3n) is 5.26. The summed E-state index contributed by atoms with van der Waals surface area (Å²) in [4.78, 5) is 16.4. The summed E-state index contributed by atoms with van der Waals surface area (Å²) >= 11 is 1.75. The lowest BCUT2D eigenvalue weighted by atomic mass is 9.98. The van der Waals surface area contributed by atoms with E-state index in [4.69, 9.17) is 4.74 Å². The van der Waals surface area contributed by atoms with Gasteiger partial charge < -0.3 is 10.1 Å². The Labute approximate surface area is 169 Å². The lowest BCUT2D eigenvalue weighted by molar-refractivity contribution is 0.0928. The number of nitrogens with zero attached hydrogens (tertiary/aromatic N) is 1. The van der Waals surface area contributed by atoms with Gasteiger partial charge in [0.1, 0.15) is 5.75 Å². The lowest BCUT2D eigenvalue weighted by Crippen LogP contribution is -2.40. The van der Waals surface area contributed by atoms with E-state index < -0.39 is 0 Å². The normalized spacial score (nSPS) is 14.9. The van der Waals surface area contributed by atoms with E-state index in [1.165, 1.54) is 16.0 Å². The van der Waals surface area contributed by atoms with Crippen LogP contribution in [-0.2, 0) is 13.0 Å². The lowest BCUT2D eigenvalue weighted by Gasteiger charge is -2.35. The molecule has 1 atom stereocenters. The highest BCUT2D eigenvalue weighted by Crippen LogP contribution is 2.30. The molecule has 0 saturated heterocycles. The highest BCUT2D eigenvalue weighted by molar-refractivity contribution is 7.10. The molecule has 1 amide bonds. The summed E-state index contributed by atoms with van der Waals surface area (Å²) in [6.45, 7) is 2.49. The summed E-state index contributed by atoms with van der Waals surface area (Å²) in [5.41, 5.74) is 3.44. The molecule has 1 aliphatic heterocycles. The number of nitrogens with one attached hydrogen (secondary N) is 1. The van der Waals surface area contributed by atoms with Crippen LogP contribution in [0.3, 0.4) is 0 Å². The van der Waals surface area contributed by atoms with Crippen LogP contribution in [0.1, 0.15) is 32.4 Å². The van der Waals surface area contributed by atoms with E-state index in [2.05, 4.69) is 52.0 Å². The molecule has 2 heterocycles. The van der Waals surface area contributed by atoms with Crippen molar-refractivity contribution in [3.63, 3.8) is 0 Å². The Bertz CT molecular complexity index is 939. The first-order chi connectivity index (χ1) is 13.7. The standard InChI is InChI=1S/C23H24N2O2S/c1-27-20-9-4-8-18(14-20)23(26)24-15-21(22-10-5-13-28-22)25-12-11-17-6-2-3-7-19(17)16-25/h2-10,13-14,21H,11-12,15-16H2,1H3,(H,24,26). The molecule has 1 aliphatic rings. The minimum absolute atomic E-state index is 0.0714. The smallest absolute Gasteiger partial charge is 0.251 e. The average molecular weight is 393 g/mol. The summed E-state index contributed by atoms with van der Waals surface area (Å²) in [5, 5.41) is 5.23. The molecule has 28 heavy (non-hydrogen) atoms. The second kappa shape index (κ2) is 8.59. The zero-order valence-electron chi connectivity index (χ0n) is 15.9. The van der Waals surface area contributed by atoms with Gasteiger partial charge in [-0.25, -0.2) is 0 Å². The molecule has 1 unspecified atom stereocenters. The van der Waals surface area contributed by atoms with Gasteiger partial charge in [-0.3, -0.25) is 9.69 Å². The van der Waals surface area contributed by atoms with Crippen molar-refractivity contribution in [2.45, 2.75) is 19.0 Å². The second-order valence-corrected chi connectivity index (χ2v) is 7.94. The van der Waals surface area contributed by atoms with Gasteiger partial charge in [-0.05, 0) is 47.2 Å². The van der Waals surface area contributed by atoms with Gasteiger partial charge in [0.25, 0.3) is 5.91 Å². The quantitative estimate of drug-likeness (QED) is 0.681. The van der Waals surface area contributed by atoms with Gasteiger partial charge in [0, 0.05) is 30.1 Å². The highest BCUT2D eigenvalue weighted by atomic mass is 32.1. The predicted octanol–water partition coefficient (Wildman–Crippen LogP) is 4.29. The summed E-state index contributed by atoms with van der Waals surface area (Å²) in [6, 6.07) is 20.3. The number of amides is 1. The van der Waals surface area contributed by atoms with Crippen molar-refractivity contribution in [3.05, 3.63) is 87.6 Å². The monoisotopic (exact) mass is 392 g/mol. The molecular weight excluding hydrogens is 368 g/mol. The fourth-order valence-corrected chi connectivity index (χ4v) is 4.59. The number of hydrogen-bond donors (Lipinski definition) is 1. The number of methoxy groups -OCH3 is 1. The van der Waals surface area contributed by atoms with E-state index in [0.717, 1.165) is 19.5 Å². The minimum atomic E-state index is -0.0714. The molecule has 3 aromatic rings. The Morgan fingerprint density at radius 3 is 2.79 bits per heavy atom. The second-order valence-electron chi connectivity index (χ2n) is 6.96. The highest BCUT2D eigenvalue weighted by Gasteiger charge is 2.26. The van der Waals surface area contributed by atoms with Crippen LogP contribution >= 0.6 is 11.3 Å². The molecule has 0 bridgehead atoms. The number of benzene rings is 2. The topological polar surface area (TPSA) is 41.6 Å². The maximum absolute atomic E-state index is 12.7. The molecule has 5 heteroatoms. The van der Waals surface area contributed by atoms with Crippen molar-refractivity contribution in [3.8, 4) is 5.75 Å². The van der Waals surface area contributed by atoms with Crippen LogP contribution < -0.4 is 10.1 Å². The van der Waals surface area contributed by atoms with Crippen molar-refractivity contribution >= 4 is 17.2 Å². The van der Waals surface area contributed by atoms with Crippen molar-refractivity contribution in [2.75, 3.05) is 20.2 Å². The molecule has 4 rings (SSSR count). The van der Waals surface area contributed by atoms with Crippen LogP contribution in [0, 0.1) is 0 Å². The maximum Gasteiger partial charge on any atom is 0.251 e. The Hall–Kier alpha value is -2.63. The Kier molecular flexibility index (Phi) is 5.74. The largest absolute Gasteiger partial charge is 0.497 e. The molecule has 4 nitrogen and oxygen atoms in total. The molecule has 0 saturated carbocycles.